The Morgan fingerprint density at radius 2 is 1.44 bits per heavy atom. The first kappa shape index (κ1) is 18.7. The van der Waals surface area contributed by atoms with E-state index in [-0.39, 0.29) is 11.7 Å². The van der Waals surface area contributed by atoms with E-state index in [0.29, 0.717) is 18.5 Å². The fraction of sp³-hybridized carbons (Fsp3) is 0.333. The summed E-state index contributed by atoms with van der Waals surface area (Å²) in [6, 6.07) is 16.8. The highest BCUT2D eigenvalue weighted by Gasteiger charge is 2.12. The zero-order valence-corrected chi connectivity index (χ0v) is 14.8. The topological polar surface area (TPSA) is 63.4 Å². The maximum absolute atomic E-state index is 12.2. The van der Waals surface area contributed by atoms with Crippen LogP contribution in [-0.2, 0) is 4.79 Å². The molecule has 0 saturated carbocycles. The van der Waals surface area contributed by atoms with Gasteiger partial charge in [0.2, 0.25) is 5.91 Å². The van der Waals surface area contributed by atoms with Crippen LogP contribution in [0.1, 0.15) is 48.9 Å². The number of nitrogen functional groups attached to an aromatic ring is 1. The third-order valence-electron chi connectivity index (χ3n) is 4.31. The van der Waals surface area contributed by atoms with Crippen LogP contribution in [0.25, 0.3) is 0 Å². The molecular formula is C21H26N2O2. The molecule has 0 aromatic heterocycles. The lowest BCUT2D eigenvalue weighted by Crippen LogP contribution is -2.26. The Labute approximate surface area is 149 Å². The molecule has 0 bridgehead atoms. The van der Waals surface area contributed by atoms with E-state index < -0.39 is 0 Å². The average molecular weight is 338 g/mol. The number of nitrogens with two attached hydrogens (primary N) is 1. The fourth-order valence-electron chi connectivity index (χ4n) is 2.78. The van der Waals surface area contributed by atoms with Crippen molar-refractivity contribution in [1.82, 2.24) is 0 Å². The summed E-state index contributed by atoms with van der Waals surface area (Å²) in [5.41, 5.74) is 8.04. The first-order valence-corrected chi connectivity index (χ1v) is 8.79. The fourth-order valence-corrected chi connectivity index (χ4v) is 2.78. The molecule has 0 aliphatic rings. The number of Topliss-reactive ketones (excluding diaryl/α,β-unsaturated/α-hetero) is 1. The predicted molar refractivity (Wildman–Crippen MR) is 103 cm³/mol. The Kier molecular flexibility index (Phi) is 7.20. The van der Waals surface area contributed by atoms with E-state index in [1.807, 2.05) is 48.5 Å². The summed E-state index contributed by atoms with van der Waals surface area (Å²) >= 11 is 0. The van der Waals surface area contributed by atoms with Gasteiger partial charge in [-0.3, -0.25) is 9.59 Å². The van der Waals surface area contributed by atoms with Gasteiger partial charge in [0.15, 0.2) is 5.78 Å². The zero-order chi connectivity index (χ0) is 18.1. The molecule has 2 aromatic rings. The van der Waals surface area contributed by atoms with Crippen molar-refractivity contribution >= 4 is 23.1 Å². The van der Waals surface area contributed by atoms with Gasteiger partial charge < -0.3 is 10.6 Å². The summed E-state index contributed by atoms with van der Waals surface area (Å²) < 4.78 is 0. The summed E-state index contributed by atoms with van der Waals surface area (Å²) in [7, 11) is 1.76. The van der Waals surface area contributed by atoms with Crippen LogP contribution >= 0.6 is 0 Å². The van der Waals surface area contributed by atoms with Crippen molar-refractivity contribution in [1.29, 1.82) is 0 Å². The molecule has 0 unspecified atom stereocenters. The largest absolute Gasteiger partial charge is 0.397 e. The second kappa shape index (κ2) is 9.62. The van der Waals surface area contributed by atoms with E-state index in [9.17, 15) is 9.59 Å². The molecule has 0 saturated heterocycles. The third-order valence-corrected chi connectivity index (χ3v) is 4.31. The summed E-state index contributed by atoms with van der Waals surface area (Å²) in [6.45, 7) is 0. The van der Waals surface area contributed by atoms with E-state index in [0.717, 1.165) is 36.9 Å². The molecule has 2 N–H and O–H groups in total. The lowest BCUT2D eigenvalue weighted by Gasteiger charge is -2.19. The minimum absolute atomic E-state index is 0.0678. The van der Waals surface area contributed by atoms with Crippen molar-refractivity contribution < 1.29 is 9.59 Å². The highest BCUT2D eigenvalue weighted by Crippen LogP contribution is 2.22. The van der Waals surface area contributed by atoms with Gasteiger partial charge in [0.1, 0.15) is 0 Å². The lowest BCUT2D eigenvalue weighted by molar-refractivity contribution is -0.118. The Morgan fingerprint density at radius 3 is 2.12 bits per heavy atom. The molecule has 2 aromatic carbocycles. The Hall–Kier alpha value is -2.62. The van der Waals surface area contributed by atoms with Crippen molar-refractivity contribution in [3.05, 3.63) is 60.2 Å². The number of carbonyl (C=O) groups is 2. The Balaban J connectivity index is 1.63. The second-order valence-electron chi connectivity index (χ2n) is 6.21. The van der Waals surface area contributed by atoms with Crippen LogP contribution in [0.2, 0.25) is 0 Å². The smallest absolute Gasteiger partial charge is 0.226 e. The minimum Gasteiger partial charge on any atom is -0.397 e. The van der Waals surface area contributed by atoms with Crippen LogP contribution in [0.4, 0.5) is 11.4 Å². The summed E-state index contributed by atoms with van der Waals surface area (Å²) in [5.74, 6) is 0.259. The quantitative estimate of drug-likeness (QED) is 0.417. The van der Waals surface area contributed by atoms with E-state index >= 15 is 0 Å². The van der Waals surface area contributed by atoms with Crippen LogP contribution in [0.3, 0.4) is 0 Å². The van der Waals surface area contributed by atoms with Crippen LogP contribution in [0.5, 0.6) is 0 Å². The molecule has 25 heavy (non-hydrogen) atoms. The number of ketones is 1. The van der Waals surface area contributed by atoms with Gasteiger partial charge in [0.25, 0.3) is 0 Å². The van der Waals surface area contributed by atoms with E-state index in [2.05, 4.69) is 0 Å². The van der Waals surface area contributed by atoms with Gasteiger partial charge in [-0.1, -0.05) is 55.3 Å². The molecule has 132 valence electrons. The van der Waals surface area contributed by atoms with Crippen molar-refractivity contribution in [2.75, 3.05) is 17.7 Å². The number of hydrogen-bond acceptors (Lipinski definition) is 3. The monoisotopic (exact) mass is 338 g/mol. The molecule has 0 radical (unpaired) electrons. The lowest BCUT2D eigenvalue weighted by atomic mass is 10.0. The highest BCUT2D eigenvalue weighted by molar-refractivity contribution is 5.96. The molecular weight excluding hydrogens is 312 g/mol. The standard InChI is InChI=1S/C21H26N2O2/c1-23(19-14-10-9-13-18(19)22)21(25)16-8-3-2-7-15-20(24)17-11-5-4-6-12-17/h4-6,9-14H,2-3,7-8,15-16,22H2,1H3. The molecule has 1 amide bonds. The first-order valence-electron chi connectivity index (χ1n) is 8.79. The normalized spacial score (nSPS) is 10.4. The Bertz CT molecular complexity index is 698. The second-order valence-corrected chi connectivity index (χ2v) is 6.21. The molecule has 0 atom stereocenters. The number of nitrogens with zero attached hydrogens (tertiary/aromatic N) is 1. The first-order chi connectivity index (χ1) is 12.1. The average Bonchev–Trinajstić information content (AvgIpc) is 2.64. The molecule has 0 fully saturated rings. The molecule has 4 heteroatoms. The van der Waals surface area contributed by atoms with Crippen molar-refractivity contribution in [2.24, 2.45) is 0 Å². The van der Waals surface area contributed by atoms with Gasteiger partial charge in [-0.15, -0.1) is 0 Å². The van der Waals surface area contributed by atoms with Gasteiger partial charge in [-0.25, -0.2) is 0 Å². The number of para-hydroxylation sites is 2. The number of hydrogen-bond donors (Lipinski definition) is 1. The molecule has 0 aliphatic heterocycles. The number of anilines is 2. The summed E-state index contributed by atoms with van der Waals surface area (Å²) in [5, 5.41) is 0. The van der Waals surface area contributed by atoms with Gasteiger partial charge in [0.05, 0.1) is 11.4 Å². The molecule has 4 nitrogen and oxygen atoms in total. The number of unbranched alkanes of at least 4 members (excludes halogenated alkanes) is 3. The van der Waals surface area contributed by atoms with Crippen LogP contribution < -0.4 is 10.6 Å². The SMILES string of the molecule is CN(C(=O)CCCCCCC(=O)c1ccccc1)c1ccccc1N. The van der Waals surface area contributed by atoms with Gasteiger partial charge in [0, 0.05) is 25.5 Å². The maximum atomic E-state index is 12.2. The number of amides is 1. The summed E-state index contributed by atoms with van der Waals surface area (Å²) in [6.07, 6.45) is 4.67. The van der Waals surface area contributed by atoms with E-state index in [4.69, 9.17) is 5.73 Å². The number of rotatable bonds is 9. The highest BCUT2D eigenvalue weighted by atomic mass is 16.2. The molecule has 0 heterocycles. The number of carbonyl (C=O) groups excluding carboxylic acids is 2. The van der Waals surface area contributed by atoms with Crippen LogP contribution in [-0.4, -0.2) is 18.7 Å². The molecule has 0 aliphatic carbocycles. The van der Waals surface area contributed by atoms with Crippen LogP contribution in [0, 0.1) is 0 Å². The zero-order valence-electron chi connectivity index (χ0n) is 14.8. The molecule has 0 spiro atoms. The minimum atomic E-state index is 0.0678. The van der Waals surface area contributed by atoms with E-state index in [1.54, 1.807) is 18.0 Å². The van der Waals surface area contributed by atoms with Crippen molar-refractivity contribution in [2.45, 2.75) is 38.5 Å². The molecule has 2 rings (SSSR count). The third kappa shape index (κ3) is 5.75. The van der Waals surface area contributed by atoms with Crippen LogP contribution in [0.15, 0.2) is 54.6 Å². The van der Waals surface area contributed by atoms with Gasteiger partial charge >= 0.3 is 0 Å². The van der Waals surface area contributed by atoms with Gasteiger partial charge in [-0.2, -0.15) is 0 Å². The summed E-state index contributed by atoms with van der Waals surface area (Å²) in [4.78, 5) is 25.8. The number of benzene rings is 2. The Morgan fingerprint density at radius 1 is 0.840 bits per heavy atom. The maximum Gasteiger partial charge on any atom is 0.226 e. The predicted octanol–water partition coefficient (Wildman–Crippen LogP) is 4.46. The van der Waals surface area contributed by atoms with Crippen molar-refractivity contribution in [3.8, 4) is 0 Å². The van der Waals surface area contributed by atoms with Crippen molar-refractivity contribution in [3.63, 3.8) is 0 Å². The van der Waals surface area contributed by atoms with E-state index in [1.165, 1.54) is 0 Å². The van der Waals surface area contributed by atoms with Gasteiger partial charge in [-0.05, 0) is 25.0 Å².